The van der Waals surface area contributed by atoms with Crippen LogP contribution in [-0.2, 0) is 4.79 Å². The fraction of sp³-hybridized carbons (Fsp3) is 0.125. The van der Waals surface area contributed by atoms with Gasteiger partial charge in [-0.05, 0) is 28.1 Å². The van der Waals surface area contributed by atoms with Gasteiger partial charge in [0, 0.05) is 6.92 Å². The number of rotatable bonds is 0. The Morgan fingerprint density at radius 3 is 1.91 bits per heavy atom. The molecule has 0 aliphatic heterocycles. The molecule has 1 N–H and O–H groups in total. The molecule has 0 amide bonds. The van der Waals surface area contributed by atoms with E-state index in [-0.39, 0.29) is 4.69 Å². The summed E-state index contributed by atoms with van der Waals surface area (Å²) >= 11 is 2.63. The van der Waals surface area contributed by atoms with Gasteiger partial charge >= 0.3 is 0 Å². The molecule has 0 aromatic heterocycles. The summed E-state index contributed by atoms with van der Waals surface area (Å²) in [6.07, 6.45) is 0. The number of phenols is 1. The Balaban J connectivity index is 0.000000218. The number of carbonyl (C=O) groups is 1. The summed E-state index contributed by atoms with van der Waals surface area (Å²) in [5.41, 5.74) is 0. The lowest BCUT2D eigenvalue weighted by atomic mass is 10.3. The Morgan fingerprint density at radius 2 is 1.73 bits per heavy atom. The SMILES string of the molecule is CC(=O)Br.Oc1ccccc1. The van der Waals surface area contributed by atoms with Crippen molar-refractivity contribution in [2.45, 2.75) is 6.92 Å². The van der Waals surface area contributed by atoms with Crippen molar-refractivity contribution in [1.29, 1.82) is 0 Å². The van der Waals surface area contributed by atoms with Crippen molar-refractivity contribution in [3.8, 4) is 5.75 Å². The summed E-state index contributed by atoms with van der Waals surface area (Å²) in [7, 11) is 0. The second kappa shape index (κ2) is 5.92. The Kier molecular flexibility index (Phi) is 5.47. The molecule has 0 unspecified atom stereocenters. The first-order valence-electron chi connectivity index (χ1n) is 3.03. The molecular weight excluding hydrogens is 208 g/mol. The third-order valence-electron chi connectivity index (χ3n) is 0.756. The topological polar surface area (TPSA) is 37.3 Å². The van der Waals surface area contributed by atoms with Crippen LogP contribution in [0.15, 0.2) is 30.3 Å². The van der Waals surface area contributed by atoms with Gasteiger partial charge in [-0.3, -0.25) is 4.79 Å². The standard InChI is InChI=1S/C6H6O.C2H3BrO/c7-6-4-2-1-3-5-6;1-2(3)4/h1-5,7H;1H3. The summed E-state index contributed by atoms with van der Waals surface area (Å²) in [5.74, 6) is 0.322. The maximum atomic E-state index is 9.36. The van der Waals surface area contributed by atoms with Gasteiger partial charge < -0.3 is 5.11 Å². The van der Waals surface area contributed by atoms with Crippen molar-refractivity contribution in [2.75, 3.05) is 0 Å². The lowest BCUT2D eigenvalue weighted by molar-refractivity contribution is -0.108. The molecule has 1 aromatic rings. The van der Waals surface area contributed by atoms with Crippen LogP contribution in [0, 0.1) is 0 Å². The van der Waals surface area contributed by atoms with Crippen LogP contribution in [0.3, 0.4) is 0 Å². The van der Waals surface area contributed by atoms with Gasteiger partial charge in [-0.2, -0.15) is 0 Å². The van der Waals surface area contributed by atoms with Gasteiger partial charge in [0.1, 0.15) is 5.75 Å². The number of benzene rings is 1. The van der Waals surface area contributed by atoms with E-state index in [1.165, 1.54) is 6.92 Å². The highest BCUT2D eigenvalue weighted by atomic mass is 79.9. The van der Waals surface area contributed by atoms with Crippen molar-refractivity contribution in [1.82, 2.24) is 0 Å². The molecule has 0 saturated heterocycles. The fourth-order valence-electron chi connectivity index (χ4n) is 0.428. The van der Waals surface area contributed by atoms with Crippen LogP contribution in [0.1, 0.15) is 6.92 Å². The van der Waals surface area contributed by atoms with E-state index in [4.69, 9.17) is 5.11 Å². The average molecular weight is 217 g/mol. The third kappa shape index (κ3) is 9.17. The molecule has 1 rings (SSSR count). The first-order chi connectivity index (χ1) is 5.13. The van der Waals surface area contributed by atoms with E-state index >= 15 is 0 Å². The average Bonchev–Trinajstić information content (AvgIpc) is 1.87. The predicted octanol–water partition coefficient (Wildman–Crippen LogP) is 2.32. The number of phenolic OH excluding ortho intramolecular Hbond substituents is 1. The quantitative estimate of drug-likeness (QED) is 0.677. The van der Waals surface area contributed by atoms with Crippen molar-refractivity contribution >= 4 is 20.6 Å². The molecule has 0 fully saturated rings. The van der Waals surface area contributed by atoms with Gasteiger partial charge in [0.2, 0.25) is 0 Å². The van der Waals surface area contributed by atoms with Crippen LogP contribution in [0.5, 0.6) is 5.75 Å². The molecule has 1 aromatic carbocycles. The molecule has 0 bridgehead atoms. The largest absolute Gasteiger partial charge is 0.508 e. The number of carbonyl (C=O) groups excluding carboxylic acids is 1. The summed E-state index contributed by atoms with van der Waals surface area (Å²) in [5, 5.41) is 8.63. The van der Waals surface area contributed by atoms with Gasteiger partial charge in [0.25, 0.3) is 0 Å². The molecule has 60 valence electrons. The number of hydrogen-bond acceptors (Lipinski definition) is 2. The minimum atomic E-state index is -0.0208. The number of hydrogen-bond donors (Lipinski definition) is 1. The van der Waals surface area contributed by atoms with Crippen LogP contribution in [0.25, 0.3) is 0 Å². The molecule has 0 saturated carbocycles. The molecule has 0 atom stereocenters. The summed E-state index contributed by atoms with van der Waals surface area (Å²) in [4.78, 5) is 9.36. The van der Waals surface area contributed by atoms with Gasteiger partial charge in [0.05, 0.1) is 0 Å². The monoisotopic (exact) mass is 216 g/mol. The molecule has 0 aliphatic rings. The molecule has 0 heterocycles. The van der Waals surface area contributed by atoms with Crippen molar-refractivity contribution in [2.24, 2.45) is 0 Å². The number of halogens is 1. The lowest BCUT2D eigenvalue weighted by Gasteiger charge is -1.82. The maximum Gasteiger partial charge on any atom is 0.194 e. The highest BCUT2D eigenvalue weighted by Crippen LogP contribution is 2.02. The minimum absolute atomic E-state index is 0.0208. The Labute approximate surface area is 74.0 Å². The Hall–Kier alpha value is -0.830. The smallest absolute Gasteiger partial charge is 0.194 e. The molecule has 0 radical (unpaired) electrons. The van der Waals surface area contributed by atoms with E-state index in [9.17, 15) is 4.79 Å². The van der Waals surface area contributed by atoms with E-state index in [0.29, 0.717) is 5.75 Å². The van der Waals surface area contributed by atoms with E-state index in [1.807, 2.05) is 6.07 Å². The van der Waals surface area contributed by atoms with E-state index in [1.54, 1.807) is 24.3 Å². The van der Waals surface area contributed by atoms with Crippen molar-refractivity contribution < 1.29 is 9.90 Å². The minimum Gasteiger partial charge on any atom is -0.508 e. The van der Waals surface area contributed by atoms with Crippen LogP contribution >= 0.6 is 15.9 Å². The number of para-hydroxylation sites is 1. The zero-order chi connectivity index (χ0) is 8.69. The molecule has 0 aliphatic carbocycles. The number of aromatic hydroxyl groups is 1. The maximum absolute atomic E-state index is 9.36. The van der Waals surface area contributed by atoms with E-state index in [2.05, 4.69) is 15.9 Å². The molecule has 11 heavy (non-hydrogen) atoms. The van der Waals surface area contributed by atoms with Crippen LogP contribution in [-0.4, -0.2) is 9.80 Å². The molecular formula is C8H9BrO2. The summed E-state index contributed by atoms with van der Waals surface area (Å²) < 4.78 is -0.0208. The van der Waals surface area contributed by atoms with Gasteiger partial charge in [-0.15, -0.1) is 0 Å². The van der Waals surface area contributed by atoms with Crippen LogP contribution < -0.4 is 0 Å². The van der Waals surface area contributed by atoms with Gasteiger partial charge in [0.15, 0.2) is 4.69 Å². The van der Waals surface area contributed by atoms with E-state index < -0.39 is 0 Å². The van der Waals surface area contributed by atoms with Crippen molar-refractivity contribution in [3.05, 3.63) is 30.3 Å². The first-order valence-corrected chi connectivity index (χ1v) is 3.82. The molecule has 0 spiro atoms. The van der Waals surface area contributed by atoms with Crippen molar-refractivity contribution in [3.63, 3.8) is 0 Å². The Morgan fingerprint density at radius 1 is 1.36 bits per heavy atom. The normalized spacial score (nSPS) is 7.82. The second-order valence-corrected chi connectivity index (χ2v) is 2.92. The Bertz CT molecular complexity index is 205. The van der Waals surface area contributed by atoms with Crippen LogP contribution in [0.2, 0.25) is 0 Å². The zero-order valence-electron chi connectivity index (χ0n) is 6.12. The summed E-state index contributed by atoms with van der Waals surface area (Å²) in [6.45, 7) is 1.44. The first kappa shape index (κ1) is 10.2. The van der Waals surface area contributed by atoms with Gasteiger partial charge in [-0.1, -0.05) is 18.2 Å². The molecule has 2 nitrogen and oxygen atoms in total. The van der Waals surface area contributed by atoms with Gasteiger partial charge in [-0.25, -0.2) is 0 Å². The lowest BCUT2D eigenvalue weighted by Crippen LogP contribution is -1.60. The molecule has 3 heteroatoms. The third-order valence-corrected chi connectivity index (χ3v) is 0.756. The highest BCUT2D eigenvalue weighted by molar-refractivity contribution is 9.18. The second-order valence-electron chi connectivity index (χ2n) is 1.81. The zero-order valence-corrected chi connectivity index (χ0v) is 7.71. The highest BCUT2D eigenvalue weighted by Gasteiger charge is 1.74. The fourth-order valence-corrected chi connectivity index (χ4v) is 0.428. The predicted molar refractivity (Wildman–Crippen MR) is 47.7 cm³/mol. The summed E-state index contributed by atoms with van der Waals surface area (Å²) in [6, 6.07) is 8.71. The van der Waals surface area contributed by atoms with Crippen LogP contribution in [0.4, 0.5) is 0 Å². The van der Waals surface area contributed by atoms with E-state index in [0.717, 1.165) is 0 Å².